The summed E-state index contributed by atoms with van der Waals surface area (Å²) in [5.74, 6) is 0. The summed E-state index contributed by atoms with van der Waals surface area (Å²) in [6.07, 6.45) is 1.97. The molecule has 4 heteroatoms. The number of hydrogen-bond acceptors (Lipinski definition) is 2. The van der Waals surface area contributed by atoms with Crippen LogP contribution in [0.15, 0.2) is 28.2 Å². The summed E-state index contributed by atoms with van der Waals surface area (Å²) in [5, 5.41) is 7.52. The molecule has 0 aliphatic carbocycles. The first-order chi connectivity index (χ1) is 5.77. The number of thiophene rings is 1. The normalized spacial score (nSPS) is 10.5. The Bertz CT molecular complexity index is 358. The minimum Gasteiger partial charge on any atom is -0.229 e. The van der Waals surface area contributed by atoms with Crippen LogP contribution in [0.4, 0.5) is 0 Å². The van der Waals surface area contributed by atoms with Crippen molar-refractivity contribution in [1.29, 1.82) is 0 Å². The van der Waals surface area contributed by atoms with E-state index in [0.29, 0.717) is 0 Å². The maximum atomic E-state index is 4.33. The van der Waals surface area contributed by atoms with Gasteiger partial charge in [0.1, 0.15) is 5.00 Å². The predicted octanol–water partition coefficient (Wildman–Crippen LogP) is 3.00. The minimum absolute atomic E-state index is 1.02. The molecule has 2 aromatic heterocycles. The molecule has 0 aliphatic rings. The Labute approximate surface area is 83.0 Å². The van der Waals surface area contributed by atoms with Crippen LogP contribution >= 0.6 is 27.3 Å². The lowest BCUT2D eigenvalue weighted by molar-refractivity contribution is 0.878. The zero-order valence-electron chi connectivity index (χ0n) is 6.49. The Kier molecular flexibility index (Phi) is 2.02. The van der Waals surface area contributed by atoms with Gasteiger partial charge in [-0.25, -0.2) is 4.68 Å². The van der Waals surface area contributed by atoms with Gasteiger partial charge in [0.15, 0.2) is 0 Å². The molecule has 0 aromatic carbocycles. The third-order valence-electron chi connectivity index (χ3n) is 1.57. The minimum atomic E-state index is 1.02. The molecule has 2 heterocycles. The van der Waals surface area contributed by atoms with E-state index in [1.165, 1.54) is 0 Å². The van der Waals surface area contributed by atoms with Crippen LogP contribution < -0.4 is 0 Å². The molecule has 0 unspecified atom stereocenters. The van der Waals surface area contributed by atoms with E-state index in [0.717, 1.165) is 15.2 Å². The highest BCUT2D eigenvalue weighted by Gasteiger charge is 2.02. The molecule has 0 spiro atoms. The monoisotopic (exact) mass is 242 g/mol. The molecule has 0 bridgehead atoms. The SMILES string of the molecule is Cc1nn(-c2cccs2)cc1Br. The summed E-state index contributed by atoms with van der Waals surface area (Å²) in [7, 11) is 0. The fourth-order valence-corrected chi connectivity index (χ4v) is 1.88. The van der Waals surface area contributed by atoms with Crippen molar-refractivity contribution >= 4 is 27.3 Å². The second-order valence-corrected chi connectivity index (χ2v) is 4.24. The second-order valence-electron chi connectivity index (χ2n) is 2.46. The Hall–Kier alpha value is -0.610. The lowest BCUT2D eigenvalue weighted by Crippen LogP contribution is -1.90. The van der Waals surface area contributed by atoms with E-state index in [9.17, 15) is 0 Å². The van der Waals surface area contributed by atoms with E-state index >= 15 is 0 Å². The smallest absolute Gasteiger partial charge is 0.117 e. The summed E-state index contributed by atoms with van der Waals surface area (Å²) in [5.41, 5.74) is 1.02. The van der Waals surface area contributed by atoms with Crippen LogP contribution in [0, 0.1) is 6.92 Å². The van der Waals surface area contributed by atoms with Crippen molar-refractivity contribution in [1.82, 2.24) is 9.78 Å². The fourth-order valence-electron chi connectivity index (χ4n) is 0.952. The molecule has 0 fully saturated rings. The van der Waals surface area contributed by atoms with E-state index < -0.39 is 0 Å². The molecule has 0 saturated carbocycles. The Morgan fingerprint density at radius 3 is 2.92 bits per heavy atom. The zero-order valence-corrected chi connectivity index (χ0v) is 8.89. The Morgan fingerprint density at radius 2 is 2.42 bits per heavy atom. The van der Waals surface area contributed by atoms with Crippen LogP contribution in [0.2, 0.25) is 0 Å². The molecule has 0 aliphatic heterocycles. The lowest BCUT2D eigenvalue weighted by atomic mass is 10.5. The molecule has 12 heavy (non-hydrogen) atoms. The summed E-state index contributed by atoms with van der Waals surface area (Å²) in [4.78, 5) is 0. The summed E-state index contributed by atoms with van der Waals surface area (Å²) >= 11 is 5.10. The predicted molar refractivity (Wildman–Crippen MR) is 53.9 cm³/mol. The summed E-state index contributed by atoms with van der Waals surface area (Å²) < 4.78 is 2.93. The fraction of sp³-hybridized carbons (Fsp3) is 0.125. The van der Waals surface area contributed by atoms with Gasteiger partial charge in [0.05, 0.1) is 10.2 Å². The molecule has 0 amide bonds. The average molecular weight is 243 g/mol. The first-order valence-electron chi connectivity index (χ1n) is 3.53. The van der Waals surface area contributed by atoms with Crippen LogP contribution in [-0.2, 0) is 0 Å². The van der Waals surface area contributed by atoms with Gasteiger partial charge in [0.25, 0.3) is 0 Å². The number of aromatic nitrogens is 2. The third-order valence-corrected chi connectivity index (χ3v) is 3.21. The number of nitrogens with zero attached hydrogens (tertiary/aromatic N) is 2. The number of halogens is 1. The third kappa shape index (κ3) is 1.32. The number of rotatable bonds is 1. The highest BCUT2D eigenvalue weighted by atomic mass is 79.9. The van der Waals surface area contributed by atoms with Gasteiger partial charge in [-0.15, -0.1) is 11.3 Å². The van der Waals surface area contributed by atoms with Gasteiger partial charge >= 0.3 is 0 Å². The van der Waals surface area contributed by atoms with Crippen molar-refractivity contribution in [2.45, 2.75) is 6.92 Å². The Balaban J connectivity index is 2.48. The van der Waals surface area contributed by atoms with Gasteiger partial charge in [0, 0.05) is 6.20 Å². The van der Waals surface area contributed by atoms with E-state index in [1.807, 2.05) is 35.3 Å². The maximum Gasteiger partial charge on any atom is 0.117 e. The molecule has 62 valence electrons. The molecule has 2 aromatic rings. The van der Waals surface area contributed by atoms with Crippen molar-refractivity contribution in [3.63, 3.8) is 0 Å². The zero-order chi connectivity index (χ0) is 8.55. The van der Waals surface area contributed by atoms with Gasteiger partial charge in [0.2, 0.25) is 0 Å². The van der Waals surface area contributed by atoms with Gasteiger partial charge in [-0.3, -0.25) is 0 Å². The van der Waals surface area contributed by atoms with Crippen molar-refractivity contribution < 1.29 is 0 Å². The molecule has 0 saturated heterocycles. The van der Waals surface area contributed by atoms with Crippen molar-refractivity contribution in [2.75, 3.05) is 0 Å². The summed E-state index contributed by atoms with van der Waals surface area (Å²) in [6.45, 7) is 1.98. The molecule has 0 N–H and O–H groups in total. The molecular formula is C8H7BrN2S. The van der Waals surface area contributed by atoms with E-state index in [2.05, 4.69) is 21.0 Å². The van der Waals surface area contributed by atoms with Gasteiger partial charge in [-0.1, -0.05) is 0 Å². The molecule has 0 radical (unpaired) electrons. The van der Waals surface area contributed by atoms with Crippen LogP contribution in [0.1, 0.15) is 5.69 Å². The van der Waals surface area contributed by atoms with Crippen LogP contribution in [0.3, 0.4) is 0 Å². The van der Waals surface area contributed by atoms with E-state index in [4.69, 9.17) is 0 Å². The largest absolute Gasteiger partial charge is 0.229 e. The van der Waals surface area contributed by atoms with Crippen molar-refractivity contribution in [3.8, 4) is 5.00 Å². The number of hydrogen-bond donors (Lipinski definition) is 0. The highest BCUT2D eigenvalue weighted by molar-refractivity contribution is 9.10. The topological polar surface area (TPSA) is 17.8 Å². The molecule has 0 atom stereocenters. The standard InChI is InChI=1S/C8H7BrN2S/c1-6-7(9)5-11(10-6)8-3-2-4-12-8/h2-5H,1H3. The average Bonchev–Trinajstić information content (AvgIpc) is 2.61. The first kappa shape index (κ1) is 8.01. The highest BCUT2D eigenvalue weighted by Crippen LogP contribution is 2.19. The molecular weight excluding hydrogens is 236 g/mol. The lowest BCUT2D eigenvalue weighted by Gasteiger charge is -1.92. The van der Waals surface area contributed by atoms with Gasteiger partial charge in [-0.05, 0) is 40.4 Å². The first-order valence-corrected chi connectivity index (χ1v) is 5.20. The second kappa shape index (κ2) is 3.03. The van der Waals surface area contributed by atoms with Gasteiger partial charge < -0.3 is 0 Å². The molecule has 2 rings (SSSR count). The van der Waals surface area contributed by atoms with E-state index in [-0.39, 0.29) is 0 Å². The molecule has 2 nitrogen and oxygen atoms in total. The number of aryl methyl sites for hydroxylation is 1. The Morgan fingerprint density at radius 1 is 1.58 bits per heavy atom. The van der Waals surface area contributed by atoms with Crippen LogP contribution in [0.5, 0.6) is 0 Å². The van der Waals surface area contributed by atoms with Gasteiger partial charge in [-0.2, -0.15) is 5.10 Å². The quantitative estimate of drug-likeness (QED) is 0.752. The maximum absolute atomic E-state index is 4.33. The van der Waals surface area contributed by atoms with Crippen LogP contribution in [-0.4, -0.2) is 9.78 Å². The van der Waals surface area contributed by atoms with E-state index in [1.54, 1.807) is 11.3 Å². The van der Waals surface area contributed by atoms with Crippen molar-refractivity contribution in [3.05, 3.63) is 33.9 Å². The van der Waals surface area contributed by atoms with Crippen molar-refractivity contribution in [2.24, 2.45) is 0 Å². The van der Waals surface area contributed by atoms with Crippen LogP contribution in [0.25, 0.3) is 5.00 Å². The summed E-state index contributed by atoms with van der Waals surface area (Å²) in [6, 6.07) is 4.06.